The van der Waals surface area contributed by atoms with Crippen LogP contribution >= 0.6 is 11.6 Å². The zero-order chi connectivity index (χ0) is 19.2. The van der Waals surface area contributed by atoms with E-state index in [1.807, 2.05) is 30.3 Å². The zero-order valence-electron chi connectivity index (χ0n) is 14.2. The molecule has 0 fully saturated rings. The maximum absolute atomic E-state index is 12.5. The van der Waals surface area contributed by atoms with Gasteiger partial charge in [-0.3, -0.25) is 4.79 Å². The predicted octanol–water partition coefficient (Wildman–Crippen LogP) is 1.98. The fraction of sp³-hybridized carbons (Fsp3) is 0.235. The number of benzene rings is 2. The predicted molar refractivity (Wildman–Crippen MR) is 101 cm³/mol. The van der Waals surface area contributed by atoms with E-state index < -0.39 is 15.9 Å². The molecule has 26 heavy (non-hydrogen) atoms. The van der Waals surface area contributed by atoms with Crippen molar-refractivity contribution in [3.8, 4) is 0 Å². The summed E-state index contributed by atoms with van der Waals surface area (Å²) < 4.78 is 28.3. The third-order valence-corrected chi connectivity index (χ3v) is 4.92. The molecule has 0 saturated carbocycles. The molecular weight excluding hydrogens is 378 g/mol. The number of primary sulfonamides is 1. The van der Waals surface area contributed by atoms with Crippen molar-refractivity contribution in [2.24, 2.45) is 5.14 Å². The number of nitrogens with one attached hydrogen (secondary N) is 2. The van der Waals surface area contributed by atoms with Gasteiger partial charge < -0.3 is 15.4 Å². The van der Waals surface area contributed by atoms with Crippen LogP contribution in [0.3, 0.4) is 0 Å². The number of hydrogen-bond acceptors (Lipinski definition) is 5. The van der Waals surface area contributed by atoms with Gasteiger partial charge in [-0.05, 0) is 17.7 Å². The largest absolute Gasteiger partial charge is 0.383 e. The maximum atomic E-state index is 12.5. The Morgan fingerprint density at radius 3 is 2.54 bits per heavy atom. The van der Waals surface area contributed by atoms with Crippen molar-refractivity contribution < 1.29 is 17.9 Å². The highest BCUT2D eigenvalue weighted by molar-refractivity contribution is 7.89. The third kappa shape index (κ3) is 5.43. The number of amides is 1. The lowest BCUT2D eigenvalue weighted by Crippen LogP contribution is -2.28. The number of carbonyl (C=O) groups excluding carboxylic acids is 1. The minimum atomic E-state index is -4.06. The van der Waals surface area contributed by atoms with Crippen LogP contribution < -0.4 is 15.8 Å². The van der Waals surface area contributed by atoms with E-state index in [1.165, 1.54) is 19.2 Å². The molecule has 0 atom stereocenters. The lowest BCUT2D eigenvalue weighted by molar-refractivity contribution is 0.0937. The SMILES string of the molecule is COCCNC(=O)c1cc(S(N)(=O)=O)c(Cl)cc1NCc1ccccc1. The fourth-order valence-electron chi connectivity index (χ4n) is 2.26. The highest BCUT2D eigenvalue weighted by Gasteiger charge is 2.20. The van der Waals surface area contributed by atoms with E-state index >= 15 is 0 Å². The van der Waals surface area contributed by atoms with Gasteiger partial charge in [-0.15, -0.1) is 0 Å². The summed E-state index contributed by atoms with van der Waals surface area (Å²) in [5.74, 6) is -0.459. The Bertz CT molecular complexity index is 873. The molecule has 0 aliphatic carbocycles. The van der Waals surface area contributed by atoms with Gasteiger partial charge in [-0.1, -0.05) is 41.9 Å². The topological polar surface area (TPSA) is 111 Å². The average molecular weight is 398 g/mol. The molecule has 2 aromatic carbocycles. The number of halogens is 1. The molecule has 0 aromatic heterocycles. The number of ether oxygens (including phenoxy) is 1. The first kappa shape index (κ1) is 20.2. The van der Waals surface area contributed by atoms with Gasteiger partial charge in [-0.2, -0.15) is 0 Å². The van der Waals surface area contributed by atoms with Crippen LogP contribution in [0.2, 0.25) is 5.02 Å². The number of rotatable bonds is 8. The number of methoxy groups -OCH3 is 1. The summed E-state index contributed by atoms with van der Waals surface area (Å²) in [6.45, 7) is 1.04. The number of sulfonamides is 1. The van der Waals surface area contributed by atoms with Crippen LogP contribution in [0, 0.1) is 0 Å². The number of carbonyl (C=O) groups is 1. The lowest BCUT2D eigenvalue weighted by Gasteiger charge is -2.15. The van der Waals surface area contributed by atoms with Crippen molar-refractivity contribution in [1.82, 2.24) is 5.32 Å². The standard InChI is InChI=1S/C17H20ClN3O4S/c1-25-8-7-20-17(22)13-9-16(26(19,23)24)14(18)10-15(13)21-11-12-5-3-2-4-6-12/h2-6,9-10,21H,7-8,11H2,1H3,(H,20,22)(H2,19,23,24). The van der Waals surface area contributed by atoms with Gasteiger partial charge in [0.2, 0.25) is 10.0 Å². The van der Waals surface area contributed by atoms with E-state index in [1.54, 1.807) is 0 Å². The summed E-state index contributed by atoms with van der Waals surface area (Å²) in [7, 11) is -2.55. The molecular formula is C17H20ClN3O4S. The molecule has 140 valence electrons. The summed E-state index contributed by atoms with van der Waals surface area (Å²) in [6, 6.07) is 12.1. The Labute approximate surface area is 157 Å². The van der Waals surface area contributed by atoms with Crippen LogP contribution in [-0.4, -0.2) is 34.6 Å². The molecule has 1 amide bonds. The Morgan fingerprint density at radius 2 is 1.92 bits per heavy atom. The van der Waals surface area contributed by atoms with Crippen LogP contribution in [0.15, 0.2) is 47.4 Å². The molecule has 0 spiro atoms. The van der Waals surface area contributed by atoms with Crippen LogP contribution in [0.5, 0.6) is 0 Å². The van der Waals surface area contributed by atoms with Crippen molar-refractivity contribution in [2.75, 3.05) is 25.6 Å². The normalized spacial score (nSPS) is 11.2. The fourth-order valence-corrected chi connectivity index (χ4v) is 3.36. The van der Waals surface area contributed by atoms with Crippen molar-refractivity contribution in [2.45, 2.75) is 11.4 Å². The Balaban J connectivity index is 2.34. The van der Waals surface area contributed by atoms with Crippen LogP contribution in [-0.2, 0) is 21.3 Å². The van der Waals surface area contributed by atoms with Crippen LogP contribution in [0.4, 0.5) is 5.69 Å². The molecule has 0 unspecified atom stereocenters. The highest BCUT2D eigenvalue weighted by atomic mass is 35.5. The minimum absolute atomic E-state index is 0.0588. The second-order valence-corrected chi connectivity index (χ2v) is 7.40. The second-order valence-electron chi connectivity index (χ2n) is 5.46. The maximum Gasteiger partial charge on any atom is 0.253 e. The summed E-state index contributed by atoms with van der Waals surface area (Å²) in [6.07, 6.45) is 0. The molecule has 2 aromatic rings. The van der Waals surface area contributed by atoms with Gasteiger partial charge in [-0.25, -0.2) is 13.6 Å². The molecule has 0 radical (unpaired) electrons. The summed E-state index contributed by atoms with van der Waals surface area (Å²) in [5.41, 5.74) is 1.52. The van der Waals surface area contributed by atoms with Crippen LogP contribution in [0.1, 0.15) is 15.9 Å². The Kier molecular flexibility index (Phi) is 6.98. The molecule has 0 bridgehead atoms. The molecule has 0 aliphatic heterocycles. The van der Waals surface area contributed by atoms with Crippen molar-refractivity contribution in [3.05, 3.63) is 58.6 Å². The van der Waals surface area contributed by atoms with Gasteiger partial charge in [0.1, 0.15) is 4.90 Å². The lowest BCUT2D eigenvalue weighted by atomic mass is 10.1. The van der Waals surface area contributed by atoms with Crippen LogP contribution in [0.25, 0.3) is 0 Å². The quantitative estimate of drug-likeness (QED) is 0.590. The molecule has 0 heterocycles. The van der Waals surface area contributed by atoms with Gasteiger partial charge in [0.15, 0.2) is 0 Å². The first-order valence-corrected chi connectivity index (χ1v) is 9.66. The van der Waals surface area contributed by atoms with E-state index in [9.17, 15) is 13.2 Å². The van der Waals surface area contributed by atoms with E-state index in [-0.39, 0.29) is 22.0 Å². The second kappa shape index (κ2) is 9.00. The van der Waals surface area contributed by atoms with Crippen molar-refractivity contribution in [1.29, 1.82) is 0 Å². The average Bonchev–Trinajstić information content (AvgIpc) is 2.60. The minimum Gasteiger partial charge on any atom is -0.383 e. The van der Waals surface area contributed by atoms with E-state index in [0.29, 0.717) is 18.8 Å². The monoisotopic (exact) mass is 397 g/mol. The van der Waals surface area contributed by atoms with E-state index in [4.69, 9.17) is 21.5 Å². The Hall–Kier alpha value is -2.13. The third-order valence-electron chi connectivity index (χ3n) is 3.54. The highest BCUT2D eigenvalue weighted by Crippen LogP contribution is 2.28. The van der Waals surface area contributed by atoms with E-state index in [0.717, 1.165) is 5.56 Å². The van der Waals surface area contributed by atoms with Gasteiger partial charge in [0.05, 0.1) is 17.2 Å². The van der Waals surface area contributed by atoms with Gasteiger partial charge in [0.25, 0.3) is 5.91 Å². The molecule has 4 N–H and O–H groups in total. The smallest absolute Gasteiger partial charge is 0.253 e. The van der Waals surface area contributed by atoms with Crippen molar-refractivity contribution >= 4 is 33.2 Å². The molecule has 0 saturated heterocycles. The molecule has 2 rings (SSSR count). The molecule has 9 heteroatoms. The van der Waals surface area contributed by atoms with Gasteiger partial charge >= 0.3 is 0 Å². The first-order chi connectivity index (χ1) is 12.3. The summed E-state index contributed by atoms with van der Waals surface area (Å²) in [5, 5.41) is 10.9. The summed E-state index contributed by atoms with van der Waals surface area (Å²) >= 11 is 6.05. The zero-order valence-corrected chi connectivity index (χ0v) is 15.7. The number of hydrogen-bond donors (Lipinski definition) is 3. The number of anilines is 1. The first-order valence-electron chi connectivity index (χ1n) is 7.74. The Morgan fingerprint density at radius 1 is 1.23 bits per heavy atom. The summed E-state index contributed by atoms with van der Waals surface area (Å²) in [4.78, 5) is 12.2. The van der Waals surface area contributed by atoms with E-state index in [2.05, 4.69) is 10.6 Å². The number of nitrogens with two attached hydrogens (primary N) is 1. The molecule has 7 nitrogen and oxygen atoms in total. The van der Waals surface area contributed by atoms with Crippen molar-refractivity contribution in [3.63, 3.8) is 0 Å². The molecule has 0 aliphatic rings. The van der Waals surface area contributed by atoms with Gasteiger partial charge in [0, 0.05) is 25.9 Å².